The van der Waals surface area contributed by atoms with Gasteiger partial charge >= 0.3 is 0 Å². The summed E-state index contributed by atoms with van der Waals surface area (Å²) in [6.45, 7) is 0. The standard InChI is InChI=1S/C16H10F3N3O2/c1-22-16(24)10-5-3-2-4-9(10)14(21-22)15(23)20-8-6-11(17)13(19)12(18)7-8/h2-7H,1H3,(H,20,23). The minimum Gasteiger partial charge on any atom is -0.320 e. The summed E-state index contributed by atoms with van der Waals surface area (Å²) in [7, 11) is 1.38. The molecule has 2 aromatic carbocycles. The van der Waals surface area contributed by atoms with Crippen molar-refractivity contribution in [3.63, 3.8) is 0 Å². The number of carbonyl (C=O) groups is 1. The van der Waals surface area contributed by atoms with E-state index >= 15 is 0 Å². The van der Waals surface area contributed by atoms with Gasteiger partial charge in [-0.2, -0.15) is 5.10 Å². The molecule has 0 unspecified atom stereocenters. The Morgan fingerprint density at radius 3 is 2.29 bits per heavy atom. The lowest BCUT2D eigenvalue weighted by Gasteiger charge is -2.09. The molecule has 5 nitrogen and oxygen atoms in total. The first-order chi connectivity index (χ1) is 11.4. The summed E-state index contributed by atoms with van der Waals surface area (Å²) >= 11 is 0. The maximum atomic E-state index is 13.2. The van der Waals surface area contributed by atoms with Crippen LogP contribution in [-0.4, -0.2) is 15.7 Å². The topological polar surface area (TPSA) is 64.0 Å². The lowest BCUT2D eigenvalue weighted by Crippen LogP contribution is -2.25. The normalized spacial score (nSPS) is 10.8. The second-order valence-electron chi connectivity index (χ2n) is 5.03. The number of aromatic nitrogens is 2. The Labute approximate surface area is 133 Å². The van der Waals surface area contributed by atoms with E-state index in [4.69, 9.17) is 0 Å². The highest BCUT2D eigenvalue weighted by Crippen LogP contribution is 2.19. The Morgan fingerprint density at radius 2 is 1.67 bits per heavy atom. The van der Waals surface area contributed by atoms with Crippen molar-refractivity contribution in [2.24, 2.45) is 7.05 Å². The van der Waals surface area contributed by atoms with E-state index in [0.29, 0.717) is 17.5 Å². The summed E-state index contributed by atoms with van der Waals surface area (Å²) in [5.74, 6) is -5.27. The Morgan fingerprint density at radius 1 is 1.08 bits per heavy atom. The minimum atomic E-state index is -1.63. The van der Waals surface area contributed by atoms with E-state index in [-0.39, 0.29) is 22.3 Å². The first-order valence-electron chi connectivity index (χ1n) is 6.80. The maximum absolute atomic E-state index is 13.2. The molecule has 24 heavy (non-hydrogen) atoms. The number of rotatable bonds is 2. The Kier molecular flexibility index (Phi) is 3.80. The summed E-state index contributed by atoms with van der Waals surface area (Å²) in [6, 6.07) is 7.63. The van der Waals surface area contributed by atoms with Crippen LogP contribution in [0.5, 0.6) is 0 Å². The molecule has 3 rings (SSSR count). The lowest BCUT2D eigenvalue weighted by atomic mass is 10.1. The van der Waals surface area contributed by atoms with Crippen molar-refractivity contribution in [3.8, 4) is 0 Å². The zero-order valence-corrected chi connectivity index (χ0v) is 12.3. The number of benzene rings is 2. The summed E-state index contributed by atoms with van der Waals surface area (Å²) in [4.78, 5) is 24.4. The van der Waals surface area contributed by atoms with Gasteiger partial charge in [0.1, 0.15) is 0 Å². The molecule has 8 heteroatoms. The Balaban J connectivity index is 2.07. The number of amides is 1. The van der Waals surface area contributed by atoms with Crippen LogP contribution in [0.25, 0.3) is 10.8 Å². The summed E-state index contributed by atoms with van der Waals surface area (Å²) < 4.78 is 40.4. The van der Waals surface area contributed by atoms with Gasteiger partial charge in [0.15, 0.2) is 23.1 Å². The van der Waals surface area contributed by atoms with Crippen LogP contribution in [0.2, 0.25) is 0 Å². The molecule has 0 radical (unpaired) electrons. The highest BCUT2D eigenvalue weighted by molar-refractivity contribution is 6.11. The van der Waals surface area contributed by atoms with Crippen LogP contribution in [-0.2, 0) is 7.05 Å². The third-order valence-electron chi connectivity index (χ3n) is 3.41. The van der Waals surface area contributed by atoms with Crippen molar-refractivity contribution in [3.05, 3.63) is 69.9 Å². The van der Waals surface area contributed by atoms with Crippen LogP contribution in [0.4, 0.5) is 18.9 Å². The van der Waals surface area contributed by atoms with E-state index in [1.54, 1.807) is 12.1 Å². The average molecular weight is 333 g/mol. The molecule has 122 valence electrons. The maximum Gasteiger partial charge on any atom is 0.276 e. The fourth-order valence-corrected chi connectivity index (χ4v) is 2.29. The second-order valence-corrected chi connectivity index (χ2v) is 5.03. The van der Waals surface area contributed by atoms with Crippen LogP contribution in [0.15, 0.2) is 41.2 Å². The largest absolute Gasteiger partial charge is 0.320 e. The fraction of sp³-hybridized carbons (Fsp3) is 0.0625. The van der Waals surface area contributed by atoms with E-state index in [1.165, 1.54) is 19.2 Å². The fourth-order valence-electron chi connectivity index (χ4n) is 2.29. The van der Waals surface area contributed by atoms with Crippen molar-refractivity contribution in [1.82, 2.24) is 9.78 Å². The average Bonchev–Trinajstić information content (AvgIpc) is 2.55. The molecule has 1 aromatic heterocycles. The van der Waals surface area contributed by atoms with Gasteiger partial charge in [0.25, 0.3) is 11.5 Å². The SMILES string of the molecule is Cn1nc(C(=O)Nc2cc(F)c(F)c(F)c2)c2ccccc2c1=O. The number of hydrogen-bond donors (Lipinski definition) is 1. The van der Waals surface area contributed by atoms with Gasteiger partial charge in [-0.15, -0.1) is 0 Å². The van der Waals surface area contributed by atoms with Gasteiger partial charge in [-0.25, -0.2) is 17.9 Å². The third-order valence-corrected chi connectivity index (χ3v) is 3.41. The molecule has 3 aromatic rings. The van der Waals surface area contributed by atoms with E-state index in [2.05, 4.69) is 10.4 Å². The number of carbonyl (C=O) groups excluding carboxylic acids is 1. The number of nitrogens with zero attached hydrogens (tertiary/aromatic N) is 2. The number of anilines is 1. The number of nitrogens with one attached hydrogen (secondary N) is 1. The summed E-state index contributed by atoms with van der Waals surface area (Å²) in [5, 5.41) is 6.70. The highest BCUT2D eigenvalue weighted by Gasteiger charge is 2.17. The predicted molar refractivity (Wildman–Crippen MR) is 81.3 cm³/mol. The molecule has 0 aliphatic rings. The van der Waals surface area contributed by atoms with Crippen molar-refractivity contribution in [2.75, 3.05) is 5.32 Å². The van der Waals surface area contributed by atoms with Gasteiger partial charge in [0, 0.05) is 30.3 Å². The smallest absolute Gasteiger partial charge is 0.276 e. The number of hydrogen-bond acceptors (Lipinski definition) is 3. The molecule has 0 spiro atoms. The van der Waals surface area contributed by atoms with Gasteiger partial charge in [0.2, 0.25) is 0 Å². The predicted octanol–water partition coefficient (Wildman–Crippen LogP) is 2.60. The monoisotopic (exact) mass is 333 g/mol. The van der Waals surface area contributed by atoms with Crippen molar-refractivity contribution >= 4 is 22.4 Å². The quantitative estimate of drug-likeness (QED) is 0.733. The van der Waals surface area contributed by atoms with Gasteiger partial charge in [0.05, 0.1) is 5.39 Å². The van der Waals surface area contributed by atoms with E-state index in [0.717, 1.165) is 4.68 Å². The van der Waals surface area contributed by atoms with E-state index in [9.17, 15) is 22.8 Å². The van der Waals surface area contributed by atoms with Crippen LogP contribution in [0.3, 0.4) is 0 Å². The molecule has 1 amide bonds. The third kappa shape index (κ3) is 2.62. The molecule has 0 saturated carbocycles. The molecule has 0 atom stereocenters. The second kappa shape index (κ2) is 5.80. The molecule has 0 saturated heterocycles. The number of halogens is 3. The summed E-state index contributed by atoms with van der Waals surface area (Å²) in [5.41, 5.74) is -0.755. The first-order valence-corrected chi connectivity index (χ1v) is 6.80. The number of fused-ring (bicyclic) bond motifs is 1. The van der Waals surface area contributed by atoms with Gasteiger partial charge in [-0.3, -0.25) is 9.59 Å². The Bertz CT molecular complexity index is 1010. The molecule has 1 N–H and O–H groups in total. The molecular formula is C16H10F3N3O2. The summed E-state index contributed by atoms with van der Waals surface area (Å²) in [6.07, 6.45) is 0. The zero-order chi connectivity index (χ0) is 17.4. The molecule has 0 aliphatic carbocycles. The molecule has 0 fully saturated rings. The van der Waals surface area contributed by atoms with Crippen LogP contribution >= 0.6 is 0 Å². The van der Waals surface area contributed by atoms with Crippen LogP contribution in [0, 0.1) is 17.5 Å². The molecule has 0 bridgehead atoms. The first kappa shape index (κ1) is 15.7. The Hall–Kier alpha value is -3.16. The van der Waals surface area contributed by atoms with Crippen molar-refractivity contribution in [1.29, 1.82) is 0 Å². The minimum absolute atomic E-state index is 0.0992. The van der Waals surface area contributed by atoms with Crippen molar-refractivity contribution in [2.45, 2.75) is 0 Å². The molecule has 1 heterocycles. The van der Waals surface area contributed by atoms with Crippen LogP contribution in [0.1, 0.15) is 10.5 Å². The number of aryl methyl sites for hydroxylation is 1. The zero-order valence-electron chi connectivity index (χ0n) is 12.3. The van der Waals surface area contributed by atoms with Crippen molar-refractivity contribution < 1.29 is 18.0 Å². The van der Waals surface area contributed by atoms with E-state index in [1.807, 2.05) is 0 Å². The molecule has 0 aliphatic heterocycles. The molecular weight excluding hydrogens is 323 g/mol. The van der Waals surface area contributed by atoms with Gasteiger partial charge < -0.3 is 5.32 Å². The van der Waals surface area contributed by atoms with Crippen LogP contribution < -0.4 is 10.9 Å². The van der Waals surface area contributed by atoms with Gasteiger partial charge in [-0.1, -0.05) is 18.2 Å². The highest BCUT2D eigenvalue weighted by atomic mass is 19.2. The van der Waals surface area contributed by atoms with E-state index < -0.39 is 23.4 Å². The van der Waals surface area contributed by atoms with Gasteiger partial charge in [-0.05, 0) is 6.07 Å². The lowest BCUT2D eigenvalue weighted by molar-refractivity contribution is 0.102.